The van der Waals surface area contributed by atoms with E-state index in [1.54, 1.807) is 0 Å². The number of carbonyl (C=O) groups is 1. The van der Waals surface area contributed by atoms with E-state index in [1.807, 2.05) is 44.2 Å². The maximum Gasteiger partial charge on any atom is 0.227 e. The van der Waals surface area contributed by atoms with E-state index in [0.29, 0.717) is 18.2 Å². The van der Waals surface area contributed by atoms with Crippen LogP contribution in [0.15, 0.2) is 34.7 Å². The highest BCUT2D eigenvalue weighted by molar-refractivity contribution is 5.78. The zero-order chi connectivity index (χ0) is 13.7. The van der Waals surface area contributed by atoms with Crippen LogP contribution in [0.5, 0.6) is 0 Å². The van der Waals surface area contributed by atoms with Crippen LogP contribution >= 0.6 is 0 Å². The Morgan fingerprint density at radius 3 is 2.74 bits per heavy atom. The van der Waals surface area contributed by atoms with Gasteiger partial charge in [-0.1, -0.05) is 25.1 Å². The van der Waals surface area contributed by atoms with Crippen molar-refractivity contribution < 1.29 is 9.21 Å². The molecule has 19 heavy (non-hydrogen) atoms. The lowest BCUT2D eigenvalue weighted by Crippen LogP contribution is -2.25. The molecule has 0 radical (unpaired) electrons. The molecule has 0 saturated heterocycles. The smallest absolute Gasteiger partial charge is 0.227 e. The summed E-state index contributed by atoms with van der Waals surface area (Å²) >= 11 is 0. The van der Waals surface area contributed by atoms with Crippen LogP contribution in [0, 0.1) is 6.92 Å². The summed E-state index contributed by atoms with van der Waals surface area (Å²) in [4.78, 5) is 16.0. The van der Waals surface area contributed by atoms with Gasteiger partial charge >= 0.3 is 0 Å². The Bertz CT molecular complexity index is 547. The maximum atomic E-state index is 11.7. The second kappa shape index (κ2) is 6.18. The van der Waals surface area contributed by atoms with E-state index in [0.717, 1.165) is 17.7 Å². The van der Waals surface area contributed by atoms with Crippen LogP contribution in [0.25, 0.3) is 11.5 Å². The molecule has 2 rings (SSSR count). The Balaban J connectivity index is 2.11. The number of benzene rings is 1. The number of amides is 1. The van der Waals surface area contributed by atoms with Gasteiger partial charge in [-0.2, -0.15) is 0 Å². The number of aromatic nitrogens is 1. The molecule has 0 aliphatic rings. The highest BCUT2D eigenvalue weighted by Crippen LogP contribution is 2.21. The summed E-state index contributed by atoms with van der Waals surface area (Å²) in [6, 6.07) is 9.68. The van der Waals surface area contributed by atoms with Crippen molar-refractivity contribution in [2.24, 2.45) is 0 Å². The zero-order valence-corrected chi connectivity index (χ0v) is 11.3. The number of carbonyl (C=O) groups excluding carboxylic acids is 1. The number of aryl methyl sites for hydroxylation is 1. The number of hydrogen-bond donors (Lipinski definition) is 1. The third-order valence-corrected chi connectivity index (χ3v) is 2.81. The van der Waals surface area contributed by atoms with E-state index in [4.69, 9.17) is 4.42 Å². The Hall–Kier alpha value is -2.10. The van der Waals surface area contributed by atoms with E-state index < -0.39 is 0 Å². The molecule has 1 amide bonds. The minimum Gasteiger partial charge on any atom is -0.440 e. The third kappa shape index (κ3) is 3.44. The molecule has 0 aliphatic heterocycles. The quantitative estimate of drug-likeness (QED) is 0.897. The summed E-state index contributed by atoms with van der Waals surface area (Å²) in [5.74, 6) is 1.17. The standard InChI is InChI=1S/C15H18N2O2/c1-3-9-16-14(18)10-13-11(2)17-15(19-13)12-7-5-4-6-8-12/h4-8H,3,9-10H2,1-2H3,(H,16,18). The van der Waals surface area contributed by atoms with Crippen LogP contribution < -0.4 is 5.32 Å². The lowest BCUT2D eigenvalue weighted by Gasteiger charge is -2.01. The molecular formula is C15H18N2O2. The van der Waals surface area contributed by atoms with E-state index in [2.05, 4.69) is 10.3 Å². The number of nitrogens with zero attached hydrogens (tertiary/aromatic N) is 1. The van der Waals surface area contributed by atoms with Crippen LogP contribution in [0.2, 0.25) is 0 Å². The molecule has 1 heterocycles. The summed E-state index contributed by atoms with van der Waals surface area (Å²) < 4.78 is 5.68. The first-order valence-electron chi connectivity index (χ1n) is 6.49. The van der Waals surface area contributed by atoms with Gasteiger partial charge in [0.05, 0.1) is 12.1 Å². The normalized spacial score (nSPS) is 10.4. The fourth-order valence-corrected chi connectivity index (χ4v) is 1.77. The van der Waals surface area contributed by atoms with E-state index >= 15 is 0 Å². The predicted molar refractivity (Wildman–Crippen MR) is 73.7 cm³/mol. The predicted octanol–water partition coefficient (Wildman–Crippen LogP) is 2.72. The van der Waals surface area contributed by atoms with Crippen molar-refractivity contribution in [2.45, 2.75) is 26.7 Å². The first-order valence-corrected chi connectivity index (χ1v) is 6.49. The van der Waals surface area contributed by atoms with Gasteiger partial charge in [-0.05, 0) is 25.5 Å². The van der Waals surface area contributed by atoms with Crippen LogP contribution in [0.1, 0.15) is 24.8 Å². The van der Waals surface area contributed by atoms with Crippen molar-refractivity contribution in [3.8, 4) is 11.5 Å². The fraction of sp³-hybridized carbons (Fsp3) is 0.333. The molecule has 0 aliphatic carbocycles. The molecular weight excluding hydrogens is 240 g/mol. The Morgan fingerprint density at radius 1 is 1.32 bits per heavy atom. The molecule has 2 aromatic rings. The Kier molecular flexibility index (Phi) is 4.34. The number of oxazole rings is 1. The average Bonchev–Trinajstić information content (AvgIpc) is 2.79. The summed E-state index contributed by atoms with van der Waals surface area (Å²) in [5.41, 5.74) is 1.69. The van der Waals surface area contributed by atoms with Crippen molar-refractivity contribution in [1.29, 1.82) is 0 Å². The SMILES string of the molecule is CCCNC(=O)Cc1oc(-c2ccccc2)nc1C. The molecule has 0 bridgehead atoms. The average molecular weight is 258 g/mol. The number of rotatable bonds is 5. The third-order valence-electron chi connectivity index (χ3n) is 2.81. The largest absolute Gasteiger partial charge is 0.440 e. The van der Waals surface area contributed by atoms with Crippen LogP contribution in [0.3, 0.4) is 0 Å². The van der Waals surface area contributed by atoms with Gasteiger partial charge in [0.15, 0.2) is 0 Å². The van der Waals surface area contributed by atoms with Gasteiger partial charge in [-0.25, -0.2) is 4.98 Å². The topological polar surface area (TPSA) is 55.1 Å². The second-order valence-corrected chi connectivity index (χ2v) is 4.42. The Labute approximate surface area is 112 Å². The highest BCUT2D eigenvalue weighted by Gasteiger charge is 2.14. The summed E-state index contributed by atoms with van der Waals surface area (Å²) in [7, 11) is 0. The second-order valence-electron chi connectivity index (χ2n) is 4.42. The lowest BCUT2D eigenvalue weighted by molar-refractivity contribution is -0.120. The molecule has 0 unspecified atom stereocenters. The van der Waals surface area contributed by atoms with E-state index in [-0.39, 0.29) is 12.3 Å². The molecule has 0 atom stereocenters. The van der Waals surface area contributed by atoms with Gasteiger partial charge in [0.2, 0.25) is 11.8 Å². The Morgan fingerprint density at radius 2 is 2.05 bits per heavy atom. The molecule has 0 spiro atoms. The van der Waals surface area contributed by atoms with Crippen molar-refractivity contribution in [1.82, 2.24) is 10.3 Å². The van der Waals surface area contributed by atoms with Crippen LogP contribution in [-0.4, -0.2) is 17.4 Å². The lowest BCUT2D eigenvalue weighted by atomic mass is 10.2. The fourth-order valence-electron chi connectivity index (χ4n) is 1.77. The molecule has 4 heteroatoms. The highest BCUT2D eigenvalue weighted by atomic mass is 16.4. The minimum absolute atomic E-state index is 0.0271. The molecule has 4 nitrogen and oxygen atoms in total. The molecule has 1 aromatic carbocycles. The molecule has 1 N–H and O–H groups in total. The molecule has 1 aromatic heterocycles. The number of hydrogen-bond acceptors (Lipinski definition) is 3. The van der Waals surface area contributed by atoms with Gasteiger partial charge < -0.3 is 9.73 Å². The molecule has 100 valence electrons. The van der Waals surface area contributed by atoms with Gasteiger partial charge in [-0.15, -0.1) is 0 Å². The van der Waals surface area contributed by atoms with Gasteiger partial charge in [-0.3, -0.25) is 4.79 Å². The summed E-state index contributed by atoms with van der Waals surface area (Å²) in [5, 5.41) is 2.83. The van der Waals surface area contributed by atoms with Crippen LogP contribution in [0.4, 0.5) is 0 Å². The zero-order valence-electron chi connectivity index (χ0n) is 11.3. The van der Waals surface area contributed by atoms with Crippen LogP contribution in [-0.2, 0) is 11.2 Å². The van der Waals surface area contributed by atoms with Gasteiger partial charge in [0.25, 0.3) is 0 Å². The summed E-state index contributed by atoms with van der Waals surface area (Å²) in [6.45, 7) is 4.57. The van der Waals surface area contributed by atoms with Gasteiger partial charge in [0.1, 0.15) is 5.76 Å². The van der Waals surface area contributed by atoms with Gasteiger partial charge in [0, 0.05) is 12.1 Å². The monoisotopic (exact) mass is 258 g/mol. The minimum atomic E-state index is -0.0271. The van der Waals surface area contributed by atoms with E-state index in [1.165, 1.54) is 0 Å². The van der Waals surface area contributed by atoms with Crippen molar-refractivity contribution >= 4 is 5.91 Å². The van der Waals surface area contributed by atoms with Crippen molar-refractivity contribution in [3.63, 3.8) is 0 Å². The maximum absolute atomic E-state index is 11.7. The van der Waals surface area contributed by atoms with Crippen molar-refractivity contribution in [3.05, 3.63) is 41.8 Å². The van der Waals surface area contributed by atoms with Crippen molar-refractivity contribution in [2.75, 3.05) is 6.54 Å². The molecule has 0 fully saturated rings. The first-order chi connectivity index (χ1) is 9.20. The molecule has 0 saturated carbocycles. The summed E-state index contributed by atoms with van der Waals surface area (Å²) in [6.07, 6.45) is 1.17. The first kappa shape index (κ1) is 13.3. The number of nitrogens with one attached hydrogen (secondary N) is 1. The van der Waals surface area contributed by atoms with E-state index in [9.17, 15) is 4.79 Å².